The van der Waals surface area contributed by atoms with E-state index in [1.807, 2.05) is 13.8 Å². The van der Waals surface area contributed by atoms with E-state index in [9.17, 15) is 13.2 Å². The van der Waals surface area contributed by atoms with E-state index in [-0.39, 0.29) is 29.8 Å². The third-order valence-corrected chi connectivity index (χ3v) is 6.12. The summed E-state index contributed by atoms with van der Waals surface area (Å²) in [5.41, 5.74) is 1.14. The average molecular weight is 414 g/mol. The van der Waals surface area contributed by atoms with Crippen molar-refractivity contribution in [2.75, 3.05) is 12.3 Å². The van der Waals surface area contributed by atoms with Gasteiger partial charge in [-0.2, -0.15) is 5.10 Å². The first-order valence-electron chi connectivity index (χ1n) is 7.62. The van der Waals surface area contributed by atoms with Crippen molar-refractivity contribution in [2.24, 2.45) is 0 Å². The summed E-state index contributed by atoms with van der Waals surface area (Å²) in [6, 6.07) is 8.29. The molecule has 24 heavy (non-hydrogen) atoms. The monoisotopic (exact) mass is 413 g/mol. The van der Waals surface area contributed by atoms with Crippen LogP contribution in [0, 0.1) is 0 Å². The van der Waals surface area contributed by atoms with Crippen molar-refractivity contribution in [1.29, 1.82) is 0 Å². The van der Waals surface area contributed by atoms with Crippen LogP contribution in [0.3, 0.4) is 0 Å². The van der Waals surface area contributed by atoms with E-state index in [1.165, 1.54) is 0 Å². The second-order valence-electron chi connectivity index (χ2n) is 5.70. The van der Waals surface area contributed by atoms with Gasteiger partial charge >= 0.3 is 0 Å². The maximum Gasteiger partial charge on any atom is 0.272 e. The number of amides is 1. The Labute approximate surface area is 150 Å². The summed E-state index contributed by atoms with van der Waals surface area (Å²) in [7, 11) is -3.32. The number of benzene rings is 1. The molecule has 0 aliphatic carbocycles. The lowest BCUT2D eigenvalue weighted by Gasteiger charge is -2.06. The predicted octanol–water partition coefficient (Wildman–Crippen LogP) is 2.89. The molecule has 2 rings (SSSR count). The third-order valence-electron chi connectivity index (χ3n) is 3.50. The van der Waals surface area contributed by atoms with Crippen LogP contribution < -0.4 is 5.32 Å². The molecule has 1 heterocycles. The minimum Gasteiger partial charge on any atom is -0.351 e. The molecule has 1 aromatic carbocycles. The van der Waals surface area contributed by atoms with Gasteiger partial charge in [0, 0.05) is 6.54 Å². The molecule has 0 aliphatic rings. The summed E-state index contributed by atoms with van der Waals surface area (Å²) in [4.78, 5) is 12.4. The van der Waals surface area contributed by atoms with Gasteiger partial charge < -0.3 is 5.32 Å². The van der Waals surface area contributed by atoms with Gasteiger partial charge in [0.05, 0.1) is 20.8 Å². The molecule has 0 saturated heterocycles. The van der Waals surface area contributed by atoms with Crippen molar-refractivity contribution in [1.82, 2.24) is 15.5 Å². The van der Waals surface area contributed by atoms with Gasteiger partial charge in [-0.25, -0.2) is 8.42 Å². The highest BCUT2D eigenvalue weighted by Crippen LogP contribution is 2.25. The van der Waals surface area contributed by atoms with Crippen LogP contribution in [0.15, 0.2) is 39.7 Å². The minimum absolute atomic E-state index is 0.0176. The molecule has 0 aliphatic heterocycles. The molecule has 1 aromatic heterocycles. The normalized spacial score (nSPS) is 11.7. The van der Waals surface area contributed by atoms with Crippen LogP contribution in [0.25, 0.3) is 0 Å². The molecular weight excluding hydrogens is 394 g/mol. The van der Waals surface area contributed by atoms with Crippen LogP contribution >= 0.6 is 15.9 Å². The van der Waals surface area contributed by atoms with Crippen LogP contribution in [-0.2, 0) is 9.84 Å². The van der Waals surface area contributed by atoms with Gasteiger partial charge in [0.25, 0.3) is 5.91 Å². The number of rotatable bonds is 7. The molecular formula is C16H20BrN3O3S. The fourth-order valence-electron chi connectivity index (χ4n) is 2.17. The van der Waals surface area contributed by atoms with Gasteiger partial charge in [-0.05, 0) is 40.4 Å². The molecule has 0 bridgehead atoms. The second kappa shape index (κ2) is 7.94. The van der Waals surface area contributed by atoms with Crippen molar-refractivity contribution in [2.45, 2.75) is 31.1 Å². The Balaban J connectivity index is 1.87. The van der Waals surface area contributed by atoms with Crippen molar-refractivity contribution in [3.63, 3.8) is 0 Å². The lowest BCUT2D eigenvalue weighted by molar-refractivity contribution is 0.0948. The standard InChI is InChI=1S/C16H20BrN3O3S/c1-11(2)14-13(17)15(20-19-14)16(21)18-9-6-10-24(22,23)12-7-4-3-5-8-12/h3-5,7-8,11H,6,9-10H2,1-2H3,(H,18,21)(H,19,20). The highest BCUT2D eigenvalue weighted by atomic mass is 79.9. The molecule has 0 fully saturated rings. The first-order valence-corrected chi connectivity index (χ1v) is 10.1. The number of H-pyrrole nitrogens is 1. The lowest BCUT2D eigenvalue weighted by Crippen LogP contribution is -2.26. The number of aromatic nitrogens is 2. The Morgan fingerprint density at radius 3 is 2.54 bits per heavy atom. The molecule has 6 nitrogen and oxygen atoms in total. The van der Waals surface area contributed by atoms with Crippen molar-refractivity contribution >= 4 is 31.7 Å². The van der Waals surface area contributed by atoms with Gasteiger partial charge in [0.2, 0.25) is 0 Å². The molecule has 8 heteroatoms. The first kappa shape index (κ1) is 18.7. The molecule has 130 valence electrons. The molecule has 0 unspecified atom stereocenters. The zero-order valence-corrected chi connectivity index (χ0v) is 15.9. The number of hydrogen-bond acceptors (Lipinski definition) is 4. The quantitative estimate of drug-likeness (QED) is 0.682. The Morgan fingerprint density at radius 1 is 1.29 bits per heavy atom. The average Bonchev–Trinajstić information content (AvgIpc) is 2.94. The number of carbonyl (C=O) groups excluding carboxylic acids is 1. The Bertz CT molecular complexity index is 801. The number of hydrogen-bond donors (Lipinski definition) is 2. The highest BCUT2D eigenvalue weighted by Gasteiger charge is 2.19. The maximum atomic E-state index is 12.1. The Hall–Kier alpha value is -1.67. The molecule has 0 saturated carbocycles. The van der Waals surface area contributed by atoms with Crippen LogP contribution in [0.4, 0.5) is 0 Å². The minimum atomic E-state index is -3.32. The van der Waals surface area contributed by atoms with Crippen LogP contribution in [0.2, 0.25) is 0 Å². The maximum absolute atomic E-state index is 12.1. The van der Waals surface area contributed by atoms with Crippen molar-refractivity contribution < 1.29 is 13.2 Å². The molecule has 2 N–H and O–H groups in total. The summed E-state index contributed by atoms with van der Waals surface area (Å²) in [6.45, 7) is 4.25. The topological polar surface area (TPSA) is 91.9 Å². The molecule has 2 aromatic rings. The van der Waals surface area contributed by atoms with Gasteiger partial charge in [-0.15, -0.1) is 0 Å². The summed E-state index contributed by atoms with van der Waals surface area (Å²) in [6.07, 6.45) is 0.335. The Kier molecular flexibility index (Phi) is 6.17. The largest absolute Gasteiger partial charge is 0.351 e. The van der Waals surface area contributed by atoms with Crippen LogP contribution in [-0.4, -0.2) is 36.8 Å². The lowest BCUT2D eigenvalue weighted by atomic mass is 10.1. The van der Waals surface area contributed by atoms with Crippen LogP contribution in [0.5, 0.6) is 0 Å². The van der Waals surface area contributed by atoms with E-state index < -0.39 is 9.84 Å². The number of carbonyl (C=O) groups is 1. The van der Waals surface area contributed by atoms with E-state index in [1.54, 1.807) is 30.3 Å². The number of sulfone groups is 1. The number of nitrogens with one attached hydrogen (secondary N) is 2. The first-order chi connectivity index (χ1) is 11.3. The highest BCUT2D eigenvalue weighted by molar-refractivity contribution is 9.10. The van der Waals surface area contributed by atoms with E-state index >= 15 is 0 Å². The van der Waals surface area contributed by atoms with Crippen LogP contribution in [0.1, 0.15) is 42.4 Å². The van der Waals surface area contributed by atoms with E-state index in [0.29, 0.717) is 15.8 Å². The molecule has 1 amide bonds. The fraction of sp³-hybridized carbons (Fsp3) is 0.375. The fourth-order valence-corrected chi connectivity index (χ4v) is 4.32. The number of halogens is 1. The smallest absolute Gasteiger partial charge is 0.272 e. The van der Waals surface area contributed by atoms with E-state index in [4.69, 9.17) is 0 Å². The number of nitrogens with zero attached hydrogens (tertiary/aromatic N) is 1. The van der Waals surface area contributed by atoms with Crippen molar-refractivity contribution in [3.05, 3.63) is 46.2 Å². The van der Waals surface area contributed by atoms with E-state index in [2.05, 4.69) is 31.4 Å². The predicted molar refractivity (Wildman–Crippen MR) is 95.8 cm³/mol. The molecule has 0 atom stereocenters. The van der Waals surface area contributed by atoms with E-state index in [0.717, 1.165) is 5.69 Å². The van der Waals surface area contributed by atoms with Gasteiger partial charge in [-0.3, -0.25) is 9.89 Å². The summed E-state index contributed by atoms with van der Waals surface area (Å²) in [5.74, 6) is -0.136. The summed E-state index contributed by atoms with van der Waals surface area (Å²) < 4.78 is 24.9. The SMILES string of the molecule is CC(C)c1[nH]nc(C(=O)NCCCS(=O)(=O)c2ccccc2)c1Br. The summed E-state index contributed by atoms with van der Waals surface area (Å²) >= 11 is 3.37. The molecule has 0 radical (unpaired) electrons. The van der Waals surface area contributed by atoms with Gasteiger partial charge in [0.15, 0.2) is 15.5 Å². The zero-order chi connectivity index (χ0) is 17.7. The second-order valence-corrected chi connectivity index (χ2v) is 8.60. The summed E-state index contributed by atoms with van der Waals surface area (Å²) in [5, 5.41) is 9.55. The van der Waals surface area contributed by atoms with Gasteiger partial charge in [0.1, 0.15) is 0 Å². The third kappa shape index (κ3) is 4.45. The van der Waals surface area contributed by atoms with Gasteiger partial charge in [-0.1, -0.05) is 32.0 Å². The Morgan fingerprint density at radius 2 is 1.96 bits per heavy atom. The zero-order valence-electron chi connectivity index (χ0n) is 13.5. The van der Waals surface area contributed by atoms with Crippen molar-refractivity contribution in [3.8, 4) is 0 Å². The molecule has 0 spiro atoms. The number of aromatic amines is 1.